The second kappa shape index (κ2) is 5.96. The van der Waals surface area contributed by atoms with Gasteiger partial charge in [0.05, 0.1) is 12.7 Å². The summed E-state index contributed by atoms with van der Waals surface area (Å²) in [6, 6.07) is 10.2. The Hall–Kier alpha value is -3.02. The first kappa shape index (κ1) is 14.4. The number of aromatic carboxylic acids is 2. The molecule has 0 bridgehead atoms. The van der Waals surface area contributed by atoms with Crippen LogP contribution in [0.25, 0.3) is 0 Å². The molecule has 0 saturated heterocycles. The van der Waals surface area contributed by atoms with Crippen LogP contribution in [0.4, 0.5) is 0 Å². The van der Waals surface area contributed by atoms with Crippen LogP contribution in [-0.2, 0) is 0 Å². The van der Waals surface area contributed by atoms with E-state index in [1.54, 1.807) is 24.3 Å². The van der Waals surface area contributed by atoms with Gasteiger partial charge in [0, 0.05) is 0 Å². The minimum atomic E-state index is -1.26. The number of hydrogen-bond acceptors (Lipinski definition) is 4. The highest BCUT2D eigenvalue weighted by molar-refractivity contribution is 5.96. The lowest BCUT2D eigenvalue weighted by atomic mass is 10.1. The van der Waals surface area contributed by atoms with Crippen LogP contribution in [0.15, 0.2) is 42.5 Å². The molecular weight excluding hydrogens is 276 g/mol. The van der Waals surface area contributed by atoms with Crippen LogP contribution in [0.3, 0.4) is 0 Å². The quantitative estimate of drug-likeness (QED) is 0.878. The number of benzene rings is 2. The topological polar surface area (TPSA) is 93.1 Å². The molecule has 6 nitrogen and oxygen atoms in total. The largest absolute Gasteiger partial charge is 0.497 e. The molecule has 0 unspecified atom stereocenters. The van der Waals surface area contributed by atoms with Crippen molar-refractivity contribution in [1.82, 2.24) is 0 Å². The minimum Gasteiger partial charge on any atom is -0.497 e. The zero-order valence-corrected chi connectivity index (χ0v) is 11.1. The molecule has 2 aromatic rings. The molecule has 21 heavy (non-hydrogen) atoms. The number of carbonyl (C=O) groups is 2. The first-order chi connectivity index (χ1) is 10.0. The smallest absolute Gasteiger partial charge is 0.339 e. The van der Waals surface area contributed by atoms with Crippen molar-refractivity contribution in [3.8, 4) is 17.2 Å². The van der Waals surface area contributed by atoms with Crippen molar-refractivity contribution in [2.24, 2.45) is 0 Å². The Morgan fingerprint density at radius 2 is 1.52 bits per heavy atom. The van der Waals surface area contributed by atoms with E-state index in [0.717, 1.165) is 6.07 Å². The maximum Gasteiger partial charge on any atom is 0.339 e. The number of rotatable bonds is 5. The van der Waals surface area contributed by atoms with Gasteiger partial charge in [-0.3, -0.25) is 0 Å². The minimum absolute atomic E-state index is 0.0673. The predicted octanol–water partition coefficient (Wildman–Crippen LogP) is 2.88. The van der Waals surface area contributed by atoms with Gasteiger partial charge >= 0.3 is 11.9 Å². The highest BCUT2D eigenvalue weighted by Gasteiger charge is 2.15. The zero-order chi connectivity index (χ0) is 15.4. The molecule has 0 fully saturated rings. The number of methoxy groups -OCH3 is 1. The Morgan fingerprint density at radius 3 is 2.05 bits per heavy atom. The third-order valence-corrected chi connectivity index (χ3v) is 2.74. The zero-order valence-electron chi connectivity index (χ0n) is 11.1. The van der Waals surface area contributed by atoms with E-state index in [-0.39, 0.29) is 16.9 Å². The van der Waals surface area contributed by atoms with Crippen molar-refractivity contribution < 1.29 is 29.3 Å². The average molecular weight is 288 g/mol. The molecule has 0 atom stereocenters. The van der Waals surface area contributed by atoms with E-state index in [2.05, 4.69) is 0 Å². The Kier molecular flexibility index (Phi) is 4.08. The summed E-state index contributed by atoms with van der Waals surface area (Å²) in [5, 5.41) is 18.0. The van der Waals surface area contributed by atoms with Crippen molar-refractivity contribution in [1.29, 1.82) is 0 Å². The van der Waals surface area contributed by atoms with Crippen molar-refractivity contribution in [3.63, 3.8) is 0 Å². The second-order valence-corrected chi connectivity index (χ2v) is 4.10. The van der Waals surface area contributed by atoms with Gasteiger partial charge < -0.3 is 19.7 Å². The molecular formula is C15H12O6. The third kappa shape index (κ3) is 3.30. The Bertz CT molecular complexity index is 675. The van der Waals surface area contributed by atoms with Crippen molar-refractivity contribution in [2.45, 2.75) is 0 Å². The molecule has 108 valence electrons. The SMILES string of the molecule is COc1ccc(Oc2ccc(C(=O)O)cc2C(=O)O)cc1. The number of hydrogen-bond donors (Lipinski definition) is 2. The Morgan fingerprint density at radius 1 is 0.905 bits per heavy atom. The maximum absolute atomic E-state index is 11.2. The van der Waals surface area contributed by atoms with Crippen LogP contribution in [0.5, 0.6) is 17.2 Å². The second-order valence-electron chi connectivity index (χ2n) is 4.10. The molecule has 0 aliphatic carbocycles. The predicted molar refractivity (Wildman–Crippen MR) is 73.4 cm³/mol. The lowest BCUT2D eigenvalue weighted by molar-refractivity contribution is 0.0694. The summed E-state index contributed by atoms with van der Waals surface area (Å²) in [4.78, 5) is 22.1. The van der Waals surface area contributed by atoms with Crippen LogP contribution in [0.1, 0.15) is 20.7 Å². The Labute approximate surface area is 120 Å². The van der Waals surface area contributed by atoms with Crippen molar-refractivity contribution in [3.05, 3.63) is 53.6 Å². The molecule has 0 heterocycles. The molecule has 0 saturated carbocycles. The monoisotopic (exact) mass is 288 g/mol. The summed E-state index contributed by atoms with van der Waals surface area (Å²) in [5.41, 5.74) is -0.333. The third-order valence-electron chi connectivity index (χ3n) is 2.74. The van der Waals surface area contributed by atoms with Gasteiger partial charge in [-0.05, 0) is 42.5 Å². The van der Waals surface area contributed by atoms with Gasteiger partial charge in [0.2, 0.25) is 0 Å². The van der Waals surface area contributed by atoms with Crippen molar-refractivity contribution >= 4 is 11.9 Å². The van der Waals surface area contributed by atoms with E-state index in [1.165, 1.54) is 19.2 Å². The maximum atomic E-state index is 11.2. The van der Waals surface area contributed by atoms with E-state index in [4.69, 9.17) is 19.7 Å². The van der Waals surface area contributed by atoms with Crippen LogP contribution >= 0.6 is 0 Å². The normalized spacial score (nSPS) is 9.95. The summed E-state index contributed by atoms with van der Waals surface area (Å²) >= 11 is 0. The van der Waals surface area contributed by atoms with E-state index in [0.29, 0.717) is 11.5 Å². The molecule has 6 heteroatoms. The first-order valence-corrected chi connectivity index (χ1v) is 5.94. The molecule has 2 N–H and O–H groups in total. The summed E-state index contributed by atoms with van der Waals surface area (Å²) in [6.45, 7) is 0. The van der Waals surface area contributed by atoms with Crippen LogP contribution in [0.2, 0.25) is 0 Å². The number of carboxylic acids is 2. The molecule has 0 aliphatic rings. The summed E-state index contributed by atoms with van der Waals surface area (Å²) in [6.07, 6.45) is 0. The standard InChI is InChI=1S/C15H12O6/c1-20-10-3-5-11(6-4-10)21-13-7-2-9(14(16)17)8-12(13)15(18)19/h2-8H,1H3,(H,16,17)(H,18,19). The average Bonchev–Trinajstić information content (AvgIpc) is 2.48. The lowest BCUT2D eigenvalue weighted by Crippen LogP contribution is -2.04. The highest BCUT2D eigenvalue weighted by Crippen LogP contribution is 2.27. The summed E-state index contributed by atoms with van der Waals surface area (Å²) in [7, 11) is 1.53. The highest BCUT2D eigenvalue weighted by atomic mass is 16.5. The summed E-state index contributed by atoms with van der Waals surface area (Å²) in [5.74, 6) is -1.34. The van der Waals surface area contributed by atoms with E-state index in [1.807, 2.05) is 0 Å². The van der Waals surface area contributed by atoms with E-state index in [9.17, 15) is 9.59 Å². The van der Waals surface area contributed by atoms with Crippen LogP contribution in [-0.4, -0.2) is 29.3 Å². The van der Waals surface area contributed by atoms with Gasteiger partial charge in [0.25, 0.3) is 0 Å². The van der Waals surface area contributed by atoms with Gasteiger partial charge in [-0.1, -0.05) is 0 Å². The fraction of sp³-hybridized carbons (Fsp3) is 0.0667. The van der Waals surface area contributed by atoms with Gasteiger partial charge in [0.15, 0.2) is 0 Å². The van der Waals surface area contributed by atoms with Gasteiger partial charge in [0.1, 0.15) is 22.8 Å². The molecule has 0 amide bonds. The number of ether oxygens (including phenoxy) is 2. The lowest BCUT2D eigenvalue weighted by Gasteiger charge is -2.10. The summed E-state index contributed by atoms with van der Waals surface area (Å²) < 4.78 is 10.5. The van der Waals surface area contributed by atoms with Crippen LogP contribution < -0.4 is 9.47 Å². The van der Waals surface area contributed by atoms with Gasteiger partial charge in [-0.25, -0.2) is 9.59 Å². The van der Waals surface area contributed by atoms with Crippen molar-refractivity contribution in [2.75, 3.05) is 7.11 Å². The molecule has 0 aromatic heterocycles. The Balaban J connectivity index is 2.34. The van der Waals surface area contributed by atoms with E-state index < -0.39 is 11.9 Å². The first-order valence-electron chi connectivity index (χ1n) is 5.94. The molecule has 2 aromatic carbocycles. The van der Waals surface area contributed by atoms with Gasteiger partial charge in [-0.15, -0.1) is 0 Å². The fourth-order valence-corrected chi connectivity index (χ4v) is 1.69. The molecule has 0 spiro atoms. The van der Waals surface area contributed by atoms with Crippen LogP contribution in [0, 0.1) is 0 Å². The van der Waals surface area contributed by atoms with Gasteiger partial charge in [-0.2, -0.15) is 0 Å². The van der Waals surface area contributed by atoms with E-state index >= 15 is 0 Å². The molecule has 2 rings (SSSR count). The molecule has 0 radical (unpaired) electrons. The fourth-order valence-electron chi connectivity index (χ4n) is 1.69. The number of carboxylic acid groups (broad SMARTS) is 2. The molecule has 0 aliphatic heterocycles.